The van der Waals surface area contributed by atoms with Crippen LogP contribution in [0.1, 0.15) is 38.2 Å². The van der Waals surface area contributed by atoms with E-state index in [9.17, 15) is 9.59 Å². The van der Waals surface area contributed by atoms with Crippen molar-refractivity contribution in [2.75, 3.05) is 19.6 Å². The number of amides is 2. The van der Waals surface area contributed by atoms with E-state index in [0.29, 0.717) is 25.9 Å². The third kappa shape index (κ3) is 3.54. The van der Waals surface area contributed by atoms with Crippen molar-refractivity contribution in [2.45, 2.75) is 45.1 Å². The van der Waals surface area contributed by atoms with Crippen LogP contribution in [0.3, 0.4) is 0 Å². The van der Waals surface area contributed by atoms with Crippen molar-refractivity contribution in [3.05, 3.63) is 30.1 Å². The summed E-state index contributed by atoms with van der Waals surface area (Å²) in [6, 6.07) is 4.11. The van der Waals surface area contributed by atoms with Gasteiger partial charge in [0.15, 0.2) is 0 Å². The Morgan fingerprint density at radius 1 is 1.35 bits per heavy atom. The van der Waals surface area contributed by atoms with E-state index in [1.54, 1.807) is 6.20 Å². The molecule has 5 heteroatoms. The molecule has 5 nitrogen and oxygen atoms in total. The molecular formula is C18H25N3O2. The Kier molecular flexibility index (Phi) is 4.94. The average Bonchev–Trinajstić information content (AvgIpc) is 2.87. The normalized spacial score (nSPS) is 24.0. The molecule has 0 aromatic carbocycles. The molecule has 4 rings (SSSR count). The Balaban J connectivity index is 1.62. The standard InChI is InChI=1S/C18H25N3O2/c1-2-10-21-16-7-6-15(18(21)23)12-20(13-16)17(22)8-5-14-4-3-9-19-11-14/h3-4,9,11,15-16H,2,5-8,10,12-13H2,1H3/t15-,16+/m1/s1. The largest absolute Gasteiger partial charge is 0.340 e. The number of aromatic nitrogens is 1. The number of aryl methyl sites for hydroxylation is 1. The first-order chi connectivity index (χ1) is 11.2. The number of rotatable bonds is 5. The van der Waals surface area contributed by atoms with Gasteiger partial charge in [-0.3, -0.25) is 14.6 Å². The summed E-state index contributed by atoms with van der Waals surface area (Å²) >= 11 is 0. The number of fused-ring (bicyclic) bond motifs is 4. The molecule has 1 aromatic rings. The van der Waals surface area contributed by atoms with Gasteiger partial charge in [0, 0.05) is 44.5 Å². The van der Waals surface area contributed by atoms with Gasteiger partial charge in [-0.25, -0.2) is 0 Å². The zero-order valence-electron chi connectivity index (χ0n) is 13.8. The van der Waals surface area contributed by atoms with Gasteiger partial charge in [-0.15, -0.1) is 0 Å². The molecule has 1 aromatic heterocycles. The lowest BCUT2D eigenvalue weighted by Gasteiger charge is -2.35. The molecule has 2 atom stereocenters. The molecule has 3 aliphatic heterocycles. The lowest BCUT2D eigenvalue weighted by atomic mass is 9.94. The van der Waals surface area contributed by atoms with Gasteiger partial charge in [0.1, 0.15) is 0 Å². The predicted molar refractivity (Wildman–Crippen MR) is 87.7 cm³/mol. The molecule has 0 saturated carbocycles. The first-order valence-electron chi connectivity index (χ1n) is 8.66. The average molecular weight is 315 g/mol. The van der Waals surface area contributed by atoms with E-state index in [1.165, 1.54) is 0 Å². The third-order valence-electron chi connectivity index (χ3n) is 4.96. The van der Waals surface area contributed by atoms with Crippen LogP contribution < -0.4 is 0 Å². The number of carbonyl (C=O) groups is 2. The second-order valence-corrected chi connectivity index (χ2v) is 6.62. The van der Waals surface area contributed by atoms with Gasteiger partial charge in [-0.05, 0) is 37.3 Å². The van der Waals surface area contributed by atoms with Crippen molar-refractivity contribution < 1.29 is 9.59 Å². The summed E-state index contributed by atoms with van der Waals surface area (Å²) in [5.74, 6) is 0.421. The highest BCUT2D eigenvalue weighted by Gasteiger charge is 2.41. The van der Waals surface area contributed by atoms with E-state index in [0.717, 1.165) is 31.4 Å². The van der Waals surface area contributed by atoms with E-state index >= 15 is 0 Å². The van der Waals surface area contributed by atoms with Gasteiger partial charge in [-0.1, -0.05) is 13.0 Å². The topological polar surface area (TPSA) is 53.5 Å². The molecule has 4 heterocycles. The monoisotopic (exact) mass is 315 g/mol. The van der Waals surface area contributed by atoms with Crippen LogP contribution in [0.4, 0.5) is 0 Å². The Hall–Kier alpha value is -1.91. The molecule has 0 unspecified atom stereocenters. The van der Waals surface area contributed by atoms with Crippen LogP contribution in [-0.2, 0) is 16.0 Å². The zero-order valence-corrected chi connectivity index (χ0v) is 13.8. The van der Waals surface area contributed by atoms with E-state index in [1.807, 2.05) is 28.1 Å². The fourth-order valence-corrected chi connectivity index (χ4v) is 3.73. The van der Waals surface area contributed by atoms with Crippen LogP contribution in [0.2, 0.25) is 0 Å². The second-order valence-electron chi connectivity index (χ2n) is 6.62. The van der Waals surface area contributed by atoms with Crippen molar-refractivity contribution in [2.24, 2.45) is 5.92 Å². The van der Waals surface area contributed by atoms with Gasteiger partial charge in [-0.2, -0.15) is 0 Å². The highest BCUT2D eigenvalue weighted by Crippen LogP contribution is 2.29. The van der Waals surface area contributed by atoms with E-state index < -0.39 is 0 Å². The molecule has 2 amide bonds. The molecule has 3 aliphatic rings. The minimum Gasteiger partial charge on any atom is -0.340 e. The molecule has 0 spiro atoms. The van der Waals surface area contributed by atoms with E-state index in [2.05, 4.69) is 11.9 Å². The summed E-state index contributed by atoms with van der Waals surface area (Å²) in [4.78, 5) is 33.1. The summed E-state index contributed by atoms with van der Waals surface area (Å²) in [7, 11) is 0. The Bertz CT molecular complexity index is 561. The molecule has 3 saturated heterocycles. The van der Waals surface area contributed by atoms with Crippen molar-refractivity contribution in [3.63, 3.8) is 0 Å². The Morgan fingerprint density at radius 2 is 2.22 bits per heavy atom. The first-order valence-corrected chi connectivity index (χ1v) is 8.66. The summed E-state index contributed by atoms with van der Waals surface area (Å²) in [5.41, 5.74) is 1.09. The van der Waals surface area contributed by atoms with Crippen LogP contribution >= 0.6 is 0 Å². The van der Waals surface area contributed by atoms with Crippen molar-refractivity contribution in [1.82, 2.24) is 14.8 Å². The molecule has 0 radical (unpaired) electrons. The molecule has 0 N–H and O–H groups in total. The number of hydrogen-bond acceptors (Lipinski definition) is 3. The number of hydrogen-bond donors (Lipinski definition) is 0. The molecule has 0 aliphatic carbocycles. The maximum atomic E-state index is 12.6. The van der Waals surface area contributed by atoms with Crippen molar-refractivity contribution in [1.29, 1.82) is 0 Å². The SMILES string of the molecule is CCCN1C(=O)[C@@H]2CC[C@H]1CN(C(=O)CCc1cccnc1)C2. The van der Waals surface area contributed by atoms with Gasteiger partial charge in [0.2, 0.25) is 11.8 Å². The lowest BCUT2D eigenvalue weighted by Crippen LogP contribution is -2.48. The first kappa shape index (κ1) is 16.0. The Labute approximate surface area is 137 Å². The lowest BCUT2D eigenvalue weighted by molar-refractivity contribution is -0.139. The molecule has 23 heavy (non-hydrogen) atoms. The van der Waals surface area contributed by atoms with Crippen LogP contribution in [-0.4, -0.2) is 52.3 Å². The van der Waals surface area contributed by atoms with Gasteiger partial charge in [0.25, 0.3) is 0 Å². The van der Waals surface area contributed by atoms with Gasteiger partial charge in [0.05, 0.1) is 5.92 Å². The van der Waals surface area contributed by atoms with Crippen molar-refractivity contribution >= 4 is 11.8 Å². The molecule has 2 bridgehead atoms. The molecular weight excluding hydrogens is 290 g/mol. The maximum absolute atomic E-state index is 12.6. The minimum atomic E-state index is 0.00245. The minimum absolute atomic E-state index is 0.00245. The number of pyridine rings is 1. The number of carbonyl (C=O) groups excluding carboxylic acids is 2. The summed E-state index contributed by atoms with van der Waals surface area (Å²) in [6.45, 7) is 4.22. The fourth-order valence-electron chi connectivity index (χ4n) is 3.73. The summed E-state index contributed by atoms with van der Waals surface area (Å²) in [5, 5.41) is 0. The van der Waals surface area contributed by atoms with E-state index in [-0.39, 0.29) is 23.8 Å². The third-order valence-corrected chi connectivity index (χ3v) is 4.96. The maximum Gasteiger partial charge on any atom is 0.227 e. The Morgan fingerprint density at radius 3 is 2.96 bits per heavy atom. The molecule has 3 fully saturated rings. The summed E-state index contributed by atoms with van der Waals surface area (Å²) in [6.07, 6.45) is 7.69. The smallest absolute Gasteiger partial charge is 0.227 e. The van der Waals surface area contributed by atoms with Crippen LogP contribution in [0, 0.1) is 5.92 Å². The van der Waals surface area contributed by atoms with Gasteiger partial charge < -0.3 is 9.80 Å². The highest BCUT2D eigenvalue weighted by molar-refractivity contribution is 5.83. The number of nitrogens with zero attached hydrogens (tertiary/aromatic N) is 3. The number of piperidine rings is 1. The van der Waals surface area contributed by atoms with Crippen LogP contribution in [0.5, 0.6) is 0 Å². The molecule has 124 valence electrons. The van der Waals surface area contributed by atoms with Gasteiger partial charge >= 0.3 is 0 Å². The van der Waals surface area contributed by atoms with Crippen molar-refractivity contribution in [3.8, 4) is 0 Å². The highest BCUT2D eigenvalue weighted by atomic mass is 16.2. The quantitative estimate of drug-likeness (QED) is 0.833. The summed E-state index contributed by atoms with van der Waals surface area (Å²) < 4.78 is 0. The second kappa shape index (κ2) is 7.11. The predicted octanol–water partition coefficient (Wildman–Crippen LogP) is 1.87. The zero-order chi connectivity index (χ0) is 16.2. The fraction of sp³-hybridized carbons (Fsp3) is 0.611. The van der Waals surface area contributed by atoms with E-state index in [4.69, 9.17) is 0 Å². The van der Waals surface area contributed by atoms with Crippen LogP contribution in [0.25, 0.3) is 0 Å². The van der Waals surface area contributed by atoms with Crippen LogP contribution in [0.15, 0.2) is 24.5 Å².